The molecule has 0 saturated carbocycles. The normalized spacial score (nSPS) is 13.5. The van der Waals surface area contributed by atoms with Gasteiger partial charge in [-0.25, -0.2) is 0 Å². The number of aliphatic hydroxyl groups excluding tert-OH is 2. The van der Waals surface area contributed by atoms with E-state index in [9.17, 15) is 15.0 Å². The first kappa shape index (κ1) is 36.9. The molecule has 0 aliphatic rings. The minimum Gasteiger partial charge on any atom is -0.394 e. The third-order valence-corrected chi connectivity index (χ3v) is 7.47. The Bertz CT molecular complexity index is 546. The lowest BCUT2D eigenvalue weighted by atomic mass is 10.0. The van der Waals surface area contributed by atoms with Gasteiger partial charge in [0.25, 0.3) is 0 Å². The second-order valence-corrected chi connectivity index (χ2v) is 11.3. The van der Waals surface area contributed by atoms with Gasteiger partial charge >= 0.3 is 0 Å². The topological polar surface area (TPSA) is 69.6 Å². The van der Waals surface area contributed by atoms with Crippen molar-refractivity contribution < 1.29 is 15.0 Å². The largest absolute Gasteiger partial charge is 0.394 e. The Morgan fingerprint density at radius 3 is 1.37 bits per heavy atom. The molecule has 0 aromatic rings. The van der Waals surface area contributed by atoms with Gasteiger partial charge in [0.05, 0.1) is 18.8 Å². The quantitative estimate of drug-likeness (QED) is 0.0660. The summed E-state index contributed by atoms with van der Waals surface area (Å²) in [5, 5.41) is 21.7. The van der Waals surface area contributed by atoms with Gasteiger partial charge in [-0.15, -0.1) is 0 Å². The number of aliphatic hydroxyl groups is 2. The number of carbonyl (C=O) groups excluding carboxylic acids is 1. The number of allylic oxidation sites excluding steroid dienone is 3. The molecule has 0 heterocycles. The summed E-state index contributed by atoms with van der Waals surface area (Å²) in [4.78, 5) is 11.0. The second kappa shape index (κ2) is 30.4. The van der Waals surface area contributed by atoms with Crippen LogP contribution >= 0.6 is 0 Å². The summed E-state index contributed by atoms with van der Waals surface area (Å²) in [6.45, 7) is 3.40. The van der Waals surface area contributed by atoms with Gasteiger partial charge in [-0.05, 0) is 25.7 Å². The Balaban J connectivity index is 3.29. The Morgan fingerprint density at radius 1 is 0.605 bits per heavy atom. The van der Waals surface area contributed by atoms with E-state index < -0.39 is 12.1 Å². The zero-order valence-electron chi connectivity index (χ0n) is 25.4. The molecule has 4 nitrogen and oxygen atoms in total. The molecule has 0 radical (unpaired) electrons. The number of carbonyl (C=O) groups is 1. The van der Waals surface area contributed by atoms with Gasteiger partial charge in [0, 0.05) is 6.92 Å². The zero-order valence-corrected chi connectivity index (χ0v) is 25.4. The van der Waals surface area contributed by atoms with E-state index in [4.69, 9.17) is 0 Å². The molecule has 0 aliphatic heterocycles. The van der Waals surface area contributed by atoms with Crippen molar-refractivity contribution in [3.63, 3.8) is 0 Å². The Morgan fingerprint density at radius 2 is 0.974 bits per heavy atom. The molecule has 0 aliphatic carbocycles. The Hall–Kier alpha value is -1.13. The smallest absolute Gasteiger partial charge is 0.217 e. The van der Waals surface area contributed by atoms with Gasteiger partial charge in [-0.2, -0.15) is 0 Å². The third kappa shape index (κ3) is 27.9. The van der Waals surface area contributed by atoms with Gasteiger partial charge in [0.15, 0.2) is 0 Å². The molecule has 38 heavy (non-hydrogen) atoms. The van der Waals surface area contributed by atoms with Crippen molar-refractivity contribution in [1.82, 2.24) is 5.32 Å². The summed E-state index contributed by atoms with van der Waals surface area (Å²) in [7, 11) is 0. The SMILES string of the molecule is CCCCCCCCCCCCCCCCCCCCCCC/C=C/CC/C=C/C(O)C(CO)NC(C)=O. The lowest BCUT2D eigenvalue weighted by Gasteiger charge is -2.18. The predicted molar refractivity (Wildman–Crippen MR) is 165 cm³/mol. The van der Waals surface area contributed by atoms with Crippen molar-refractivity contribution in [2.24, 2.45) is 0 Å². The van der Waals surface area contributed by atoms with Crippen LogP contribution in [0.3, 0.4) is 0 Å². The van der Waals surface area contributed by atoms with E-state index in [2.05, 4.69) is 24.4 Å². The lowest BCUT2D eigenvalue weighted by molar-refractivity contribution is -0.120. The lowest BCUT2D eigenvalue weighted by Crippen LogP contribution is -2.44. The second-order valence-electron chi connectivity index (χ2n) is 11.3. The van der Waals surface area contributed by atoms with Crippen LogP contribution in [0.5, 0.6) is 0 Å². The van der Waals surface area contributed by atoms with Crippen molar-refractivity contribution in [2.75, 3.05) is 6.61 Å². The number of unbranched alkanes of at least 4 members (excludes halogenated alkanes) is 22. The molecule has 0 aromatic heterocycles. The molecule has 2 unspecified atom stereocenters. The summed E-state index contributed by atoms with van der Waals surface area (Å²) in [5.74, 6) is -0.250. The van der Waals surface area contributed by atoms with Gasteiger partial charge in [-0.1, -0.05) is 160 Å². The molecule has 1 amide bonds. The molecular formula is C34H65NO3. The molecule has 0 bridgehead atoms. The predicted octanol–water partition coefficient (Wildman–Crippen LogP) is 9.34. The van der Waals surface area contributed by atoms with Crippen molar-refractivity contribution in [3.05, 3.63) is 24.3 Å². The molecule has 0 fully saturated rings. The summed E-state index contributed by atoms with van der Waals surface area (Å²) in [5.41, 5.74) is 0. The minimum absolute atomic E-state index is 0.250. The molecule has 224 valence electrons. The maximum Gasteiger partial charge on any atom is 0.217 e. The highest BCUT2D eigenvalue weighted by Crippen LogP contribution is 2.15. The van der Waals surface area contributed by atoms with E-state index >= 15 is 0 Å². The minimum atomic E-state index is -0.855. The van der Waals surface area contributed by atoms with Crippen LogP contribution in [0.15, 0.2) is 24.3 Å². The fourth-order valence-electron chi connectivity index (χ4n) is 4.99. The van der Waals surface area contributed by atoms with Gasteiger partial charge in [0.2, 0.25) is 5.91 Å². The summed E-state index contributed by atoms with van der Waals surface area (Å²) in [6, 6.07) is -0.636. The molecule has 2 atom stereocenters. The van der Waals surface area contributed by atoms with Crippen molar-refractivity contribution in [1.29, 1.82) is 0 Å². The molecular weight excluding hydrogens is 470 g/mol. The van der Waals surface area contributed by atoms with Crippen LogP contribution in [0.4, 0.5) is 0 Å². The van der Waals surface area contributed by atoms with E-state index in [1.54, 1.807) is 6.08 Å². The highest BCUT2D eigenvalue weighted by Gasteiger charge is 2.15. The fraction of sp³-hybridized carbons (Fsp3) is 0.853. The van der Waals surface area contributed by atoms with Gasteiger partial charge in [-0.3, -0.25) is 4.79 Å². The zero-order chi connectivity index (χ0) is 27.9. The van der Waals surface area contributed by atoms with Crippen molar-refractivity contribution in [2.45, 2.75) is 180 Å². The van der Waals surface area contributed by atoms with Crippen LogP contribution in [0, 0.1) is 0 Å². The van der Waals surface area contributed by atoms with E-state index in [1.807, 2.05) is 6.08 Å². The van der Waals surface area contributed by atoms with Crippen LogP contribution in [-0.2, 0) is 4.79 Å². The van der Waals surface area contributed by atoms with Gasteiger partial charge < -0.3 is 15.5 Å². The summed E-state index contributed by atoms with van der Waals surface area (Å²) < 4.78 is 0. The Kier molecular flexibility index (Phi) is 29.5. The average Bonchev–Trinajstić information content (AvgIpc) is 2.91. The number of hydrogen-bond acceptors (Lipinski definition) is 3. The van der Waals surface area contributed by atoms with Crippen LogP contribution in [0.1, 0.15) is 168 Å². The Labute approximate surface area is 237 Å². The first-order valence-electron chi connectivity index (χ1n) is 16.5. The molecule has 4 heteroatoms. The number of amides is 1. The van der Waals surface area contributed by atoms with E-state index in [0.717, 1.165) is 19.3 Å². The maximum atomic E-state index is 11.0. The van der Waals surface area contributed by atoms with Crippen LogP contribution < -0.4 is 5.32 Å². The molecule has 0 spiro atoms. The van der Waals surface area contributed by atoms with Crippen molar-refractivity contribution in [3.8, 4) is 0 Å². The maximum absolute atomic E-state index is 11.0. The first-order chi connectivity index (χ1) is 18.6. The molecule has 3 N–H and O–H groups in total. The molecule has 0 aromatic carbocycles. The number of nitrogens with one attached hydrogen (secondary N) is 1. The van der Waals surface area contributed by atoms with E-state index in [0.29, 0.717) is 0 Å². The summed E-state index contributed by atoms with van der Waals surface area (Å²) >= 11 is 0. The van der Waals surface area contributed by atoms with Crippen LogP contribution in [0.25, 0.3) is 0 Å². The highest BCUT2D eigenvalue weighted by atomic mass is 16.3. The average molecular weight is 536 g/mol. The number of rotatable bonds is 29. The van der Waals surface area contributed by atoms with Crippen LogP contribution in [-0.4, -0.2) is 34.9 Å². The van der Waals surface area contributed by atoms with E-state index in [1.165, 1.54) is 142 Å². The number of hydrogen-bond donors (Lipinski definition) is 3. The standard InChI is InChI=1S/C34H65NO3/c1-3-4-5-6-7-8-9-10-11-12-13-14-15-16-17-18-19-20-21-22-23-24-25-26-27-28-29-30-34(38)33(31-36)35-32(2)37/h25-26,29-30,33-34,36,38H,3-24,27-28,31H2,1-2H3,(H,35,37)/b26-25+,30-29+. The monoisotopic (exact) mass is 535 g/mol. The summed E-state index contributed by atoms with van der Waals surface area (Å²) in [6.07, 6.45) is 40.0. The van der Waals surface area contributed by atoms with Gasteiger partial charge in [0.1, 0.15) is 0 Å². The first-order valence-corrected chi connectivity index (χ1v) is 16.5. The third-order valence-electron chi connectivity index (χ3n) is 7.47. The fourth-order valence-corrected chi connectivity index (χ4v) is 4.99. The van der Waals surface area contributed by atoms with E-state index in [-0.39, 0.29) is 12.5 Å². The van der Waals surface area contributed by atoms with Crippen molar-refractivity contribution >= 4 is 5.91 Å². The molecule has 0 rings (SSSR count). The molecule has 0 saturated heterocycles. The van der Waals surface area contributed by atoms with Crippen LogP contribution in [0.2, 0.25) is 0 Å². The highest BCUT2D eigenvalue weighted by molar-refractivity contribution is 5.73.